The van der Waals surface area contributed by atoms with Crippen molar-refractivity contribution in [2.75, 3.05) is 21.3 Å². The molecule has 1 N–H and O–H groups in total. The number of nitrogens with zero attached hydrogens (tertiary/aromatic N) is 1. The lowest BCUT2D eigenvalue weighted by molar-refractivity contribution is 0.0601. The predicted molar refractivity (Wildman–Crippen MR) is 68.5 cm³/mol. The molecule has 0 aliphatic heterocycles. The molecule has 6 nitrogen and oxygen atoms in total. The van der Waals surface area contributed by atoms with Crippen LogP contribution in [0, 0.1) is 0 Å². The summed E-state index contributed by atoms with van der Waals surface area (Å²) in [6, 6.07) is 3.27. The van der Waals surface area contributed by atoms with E-state index in [1.54, 1.807) is 24.5 Å². The molecule has 100 valence electrons. The van der Waals surface area contributed by atoms with Crippen LogP contribution in [0.1, 0.15) is 10.4 Å². The van der Waals surface area contributed by atoms with Crippen LogP contribution in [0.4, 0.5) is 0 Å². The molecular weight excluding hydrogens is 248 g/mol. The summed E-state index contributed by atoms with van der Waals surface area (Å²) in [7, 11) is 4.35. The number of H-pyrrole nitrogens is 1. The van der Waals surface area contributed by atoms with Crippen molar-refractivity contribution in [3.63, 3.8) is 0 Å². The van der Waals surface area contributed by atoms with E-state index in [-0.39, 0.29) is 0 Å². The molecule has 1 aromatic carbocycles. The summed E-state index contributed by atoms with van der Waals surface area (Å²) in [5.41, 5.74) is 0.869. The van der Waals surface area contributed by atoms with Crippen molar-refractivity contribution in [2.24, 2.45) is 0 Å². The van der Waals surface area contributed by atoms with Crippen molar-refractivity contribution in [1.29, 1.82) is 0 Å². The van der Waals surface area contributed by atoms with Crippen LogP contribution in [0.2, 0.25) is 0 Å². The minimum atomic E-state index is -0.483. The number of aromatic nitrogens is 2. The molecule has 2 aromatic rings. The number of imidazole rings is 1. The third-order valence-electron chi connectivity index (χ3n) is 2.67. The van der Waals surface area contributed by atoms with E-state index in [0.717, 1.165) is 0 Å². The molecule has 0 aliphatic carbocycles. The van der Waals surface area contributed by atoms with Gasteiger partial charge >= 0.3 is 5.97 Å². The molecule has 0 saturated carbocycles. The second-order valence-electron chi connectivity index (χ2n) is 3.68. The van der Waals surface area contributed by atoms with Gasteiger partial charge in [0.05, 0.1) is 32.5 Å². The number of ether oxygens (including phenoxy) is 3. The van der Waals surface area contributed by atoms with Gasteiger partial charge in [-0.2, -0.15) is 0 Å². The topological polar surface area (TPSA) is 73.4 Å². The number of aromatic amines is 1. The number of carbonyl (C=O) groups is 1. The summed E-state index contributed by atoms with van der Waals surface area (Å²) in [6.07, 6.45) is 3.26. The number of carbonyl (C=O) groups excluding carboxylic acids is 1. The summed E-state index contributed by atoms with van der Waals surface area (Å²) >= 11 is 0. The van der Waals surface area contributed by atoms with E-state index in [2.05, 4.69) is 9.97 Å². The second-order valence-corrected chi connectivity index (χ2v) is 3.68. The molecule has 6 heteroatoms. The summed E-state index contributed by atoms with van der Waals surface area (Å²) in [5.74, 6) is 1.03. The number of nitrogens with one attached hydrogen (secondary N) is 1. The van der Waals surface area contributed by atoms with Gasteiger partial charge in [-0.15, -0.1) is 0 Å². The zero-order valence-electron chi connectivity index (χ0n) is 10.9. The van der Waals surface area contributed by atoms with E-state index in [0.29, 0.717) is 28.5 Å². The molecule has 0 saturated heterocycles. The first-order valence-corrected chi connectivity index (χ1v) is 5.55. The molecule has 1 heterocycles. The Bertz CT molecular complexity index is 579. The fraction of sp³-hybridized carbons (Fsp3) is 0.231. The van der Waals surface area contributed by atoms with Crippen molar-refractivity contribution in [3.8, 4) is 22.9 Å². The van der Waals surface area contributed by atoms with E-state index >= 15 is 0 Å². The van der Waals surface area contributed by atoms with Crippen LogP contribution >= 0.6 is 0 Å². The first-order chi connectivity index (χ1) is 9.21. The Labute approximate surface area is 110 Å². The van der Waals surface area contributed by atoms with Gasteiger partial charge in [-0.25, -0.2) is 9.78 Å². The maximum Gasteiger partial charge on any atom is 0.338 e. The number of rotatable bonds is 4. The molecule has 0 bridgehead atoms. The summed E-state index contributed by atoms with van der Waals surface area (Å²) in [4.78, 5) is 19.0. The summed E-state index contributed by atoms with van der Waals surface area (Å²) in [5, 5.41) is 0. The Hall–Kier alpha value is -2.50. The maximum atomic E-state index is 11.9. The van der Waals surface area contributed by atoms with E-state index in [1.807, 2.05) is 0 Å². The van der Waals surface area contributed by atoms with Gasteiger partial charge in [0.1, 0.15) is 17.3 Å². The summed E-state index contributed by atoms with van der Waals surface area (Å²) in [6.45, 7) is 0. The molecule has 0 fully saturated rings. The van der Waals surface area contributed by atoms with Gasteiger partial charge < -0.3 is 19.2 Å². The Morgan fingerprint density at radius 3 is 2.53 bits per heavy atom. The fourth-order valence-corrected chi connectivity index (χ4v) is 1.79. The number of esters is 1. The van der Waals surface area contributed by atoms with Crippen molar-refractivity contribution >= 4 is 5.97 Å². The standard InChI is InChI=1S/C13H14N2O4/c1-17-8-6-9(13(16)19-3)11(10(7-8)18-2)12-14-4-5-15-12/h4-7H,1-3H3,(H,14,15). The molecule has 0 atom stereocenters. The number of benzene rings is 1. The zero-order chi connectivity index (χ0) is 13.8. The molecule has 0 spiro atoms. The Morgan fingerprint density at radius 1 is 1.21 bits per heavy atom. The van der Waals surface area contributed by atoms with Crippen LogP contribution in [-0.4, -0.2) is 37.3 Å². The molecule has 2 rings (SSSR count). The quantitative estimate of drug-likeness (QED) is 0.851. The van der Waals surface area contributed by atoms with Gasteiger partial charge in [-0.1, -0.05) is 0 Å². The van der Waals surface area contributed by atoms with Gasteiger partial charge in [0, 0.05) is 18.5 Å². The molecule has 0 amide bonds. The van der Waals surface area contributed by atoms with Crippen molar-refractivity contribution in [2.45, 2.75) is 0 Å². The fourth-order valence-electron chi connectivity index (χ4n) is 1.79. The van der Waals surface area contributed by atoms with Crippen LogP contribution in [0.3, 0.4) is 0 Å². The number of methoxy groups -OCH3 is 3. The van der Waals surface area contributed by atoms with Crippen LogP contribution < -0.4 is 9.47 Å². The first-order valence-electron chi connectivity index (χ1n) is 5.55. The van der Waals surface area contributed by atoms with E-state index in [9.17, 15) is 4.79 Å². The lowest BCUT2D eigenvalue weighted by Gasteiger charge is -2.13. The van der Waals surface area contributed by atoms with Crippen LogP contribution in [0.15, 0.2) is 24.5 Å². The SMILES string of the molecule is COC(=O)c1cc(OC)cc(OC)c1-c1ncc[nH]1. The van der Waals surface area contributed by atoms with Crippen molar-refractivity contribution < 1.29 is 19.0 Å². The number of hydrogen-bond acceptors (Lipinski definition) is 5. The minimum Gasteiger partial charge on any atom is -0.497 e. The number of hydrogen-bond donors (Lipinski definition) is 1. The molecular formula is C13H14N2O4. The lowest BCUT2D eigenvalue weighted by atomic mass is 10.0. The monoisotopic (exact) mass is 262 g/mol. The highest BCUT2D eigenvalue weighted by Crippen LogP contribution is 2.35. The predicted octanol–water partition coefficient (Wildman–Crippen LogP) is 1.88. The largest absolute Gasteiger partial charge is 0.497 e. The average Bonchev–Trinajstić information content (AvgIpc) is 2.98. The molecule has 1 aromatic heterocycles. The van der Waals surface area contributed by atoms with Crippen molar-refractivity contribution in [1.82, 2.24) is 9.97 Å². The van der Waals surface area contributed by atoms with Crippen LogP contribution in [-0.2, 0) is 4.74 Å². The van der Waals surface area contributed by atoms with E-state index in [1.165, 1.54) is 21.3 Å². The molecule has 0 aliphatic rings. The normalized spacial score (nSPS) is 10.1. The Balaban J connectivity index is 2.70. The van der Waals surface area contributed by atoms with Crippen LogP contribution in [0.5, 0.6) is 11.5 Å². The third-order valence-corrected chi connectivity index (χ3v) is 2.67. The lowest BCUT2D eigenvalue weighted by Crippen LogP contribution is -2.06. The highest BCUT2D eigenvalue weighted by atomic mass is 16.5. The highest BCUT2D eigenvalue weighted by molar-refractivity contribution is 5.98. The zero-order valence-corrected chi connectivity index (χ0v) is 10.9. The van der Waals surface area contributed by atoms with E-state index < -0.39 is 5.97 Å². The minimum absolute atomic E-state index is 0.327. The smallest absolute Gasteiger partial charge is 0.338 e. The van der Waals surface area contributed by atoms with Crippen LogP contribution in [0.25, 0.3) is 11.4 Å². The average molecular weight is 262 g/mol. The van der Waals surface area contributed by atoms with Gasteiger partial charge in [0.15, 0.2) is 0 Å². The van der Waals surface area contributed by atoms with E-state index in [4.69, 9.17) is 14.2 Å². The summed E-state index contributed by atoms with van der Waals surface area (Å²) < 4.78 is 15.2. The van der Waals surface area contributed by atoms with Gasteiger partial charge in [-0.3, -0.25) is 0 Å². The molecule has 0 unspecified atom stereocenters. The Kier molecular flexibility index (Phi) is 3.70. The maximum absolute atomic E-state index is 11.9. The molecule has 19 heavy (non-hydrogen) atoms. The van der Waals surface area contributed by atoms with Gasteiger partial charge in [0.25, 0.3) is 0 Å². The van der Waals surface area contributed by atoms with Gasteiger partial charge in [-0.05, 0) is 6.07 Å². The highest BCUT2D eigenvalue weighted by Gasteiger charge is 2.21. The first kappa shape index (κ1) is 12.9. The second kappa shape index (κ2) is 5.43. The van der Waals surface area contributed by atoms with Gasteiger partial charge in [0.2, 0.25) is 0 Å². The Morgan fingerprint density at radius 2 is 2.00 bits per heavy atom. The molecule has 0 radical (unpaired) electrons. The van der Waals surface area contributed by atoms with Crippen molar-refractivity contribution in [3.05, 3.63) is 30.1 Å². The third kappa shape index (κ3) is 2.37.